The Kier molecular flexibility index (Phi) is 6.28. The Labute approximate surface area is 122 Å². The summed E-state index contributed by atoms with van der Waals surface area (Å²) < 4.78 is 20.6. The van der Waals surface area contributed by atoms with Crippen LogP contribution in [0.25, 0.3) is 0 Å². The fraction of sp³-hybridized carbons (Fsp3) is 0.750. The van der Waals surface area contributed by atoms with Crippen LogP contribution < -0.4 is 0 Å². The molecule has 0 bridgehead atoms. The SMILES string of the molecule is CC(=O)OCC1O[C@@H](S)C[C@@H](OC(C)=O)[C@@H]1OC(C)=O. The molecule has 0 saturated carbocycles. The van der Waals surface area contributed by atoms with Crippen LogP contribution in [0.1, 0.15) is 27.2 Å². The Hall–Kier alpha value is -1.28. The van der Waals surface area contributed by atoms with Gasteiger partial charge in [0.15, 0.2) is 6.10 Å². The van der Waals surface area contributed by atoms with E-state index in [2.05, 4.69) is 12.6 Å². The van der Waals surface area contributed by atoms with Gasteiger partial charge >= 0.3 is 17.9 Å². The minimum Gasteiger partial charge on any atom is -0.463 e. The van der Waals surface area contributed by atoms with E-state index in [1.54, 1.807) is 0 Å². The quantitative estimate of drug-likeness (QED) is 0.458. The van der Waals surface area contributed by atoms with E-state index in [9.17, 15) is 14.4 Å². The summed E-state index contributed by atoms with van der Waals surface area (Å²) in [7, 11) is 0. The summed E-state index contributed by atoms with van der Waals surface area (Å²) in [4.78, 5) is 33.1. The van der Waals surface area contributed by atoms with E-state index >= 15 is 0 Å². The van der Waals surface area contributed by atoms with Crippen LogP contribution in [0.4, 0.5) is 0 Å². The van der Waals surface area contributed by atoms with Crippen molar-refractivity contribution in [2.24, 2.45) is 0 Å². The molecule has 1 heterocycles. The highest BCUT2D eigenvalue weighted by Gasteiger charge is 2.42. The highest BCUT2D eigenvalue weighted by Crippen LogP contribution is 2.27. The molecule has 4 atom stereocenters. The van der Waals surface area contributed by atoms with Crippen LogP contribution in [-0.2, 0) is 33.3 Å². The van der Waals surface area contributed by atoms with Crippen LogP contribution >= 0.6 is 12.6 Å². The minimum atomic E-state index is -0.834. The van der Waals surface area contributed by atoms with Crippen molar-refractivity contribution in [3.8, 4) is 0 Å². The lowest BCUT2D eigenvalue weighted by atomic mass is 10.0. The summed E-state index contributed by atoms with van der Waals surface area (Å²) in [5.74, 6) is -1.53. The molecule has 1 unspecified atom stereocenters. The average Bonchev–Trinajstić information content (AvgIpc) is 2.28. The molecule has 1 fully saturated rings. The van der Waals surface area contributed by atoms with Gasteiger partial charge in [-0.1, -0.05) is 0 Å². The highest BCUT2D eigenvalue weighted by molar-refractivity contribution is 7.80. The van der Waals surface area contributed by atoms with Crippen molar-refractivity contribution in [3.05, 3.63) is 0 Å². The average molecular weight is 306 g/mol. The van der Waals surface area contributed by atoms with Crippen molar-refractivity contribution in [1.29, 1.82) is 0 Å². The van der Waals surface area contributed by atoms with E-state index in [0.29, 0.717) is 0 Å². The van der Waals surface area contributed by atoms with Crippen molar-refractivity contribution in [2.45, 2.75) is 50.9 Å². The third kappa shape index (κ3) is 5.38. The van der Waals surface area contributed by atoms with Gasteiger partial charge < -0.3 is 18.9 Å². The van der Waals surface area contributed by atoms with Gasteiger partial charge in [-0.2, -0.15) is 0 Å². The predicted molar refractivity (Wildman–Crippen MR) is 70.0 cm³/mol. The molecule has 1 aliphatic rings. The Morgan fingerprint density at radius 3 is 2.20 bits per heavy atom. The molecule has 0 aromatic rings. The molecule has 0 radical (unpaired) electrons. The van der Waals surface area contributed by atoms with Crippen LogP contribution in [0.3, 0.4) is 0 Å². The lowest BCUT2D eigenvalue weighted by molar-refractivity contribution is -0.204. The summed E-state index contributed by atoms with van der Waals surface area (Å²) in [6, 6.07) is 0. The number of carbonyl (C=O) groups is 3. The third-order valence-electron chi connectivity index (χ3n) is 2.57. The molecule has 0 aromatic heterocycles. The van der Waals surface area contributed by atoms with Gasteiger partial charge in [0, 0.05) is 27.2 Å². The molecular weight excluding hydrogens is 288 g/mol. The largest absolute Gasteiger partial charge is 0.463 e. The second-order valence-corrected chi connectivity index (χ2v) is 4.97. The normalized spacial score (nSPS) is 29.4. The molecule has 114 valence electrons. The van der Waals surface area contributed by atoms with Crippen molar-refractivity contribution in [2.75, 3.05) is 6.61 Å². The maximum absolute atomic E-state index is 11.2. The van der Waals surface area contributed by atoms with Crippen molar-refractivity contribution < 1.29 is 33.3 Å². The molecule has 1 rings (SSSR count). The van der Waals surface area contributed by atoms with E-state index in [-0.39, 0.29) is 13.0 Å². The zero-order valence-corrected chi connectivity index (χ0v) is 12.4. The van der Waals surface area contributed by atoms with Gasteiger partial charge in [-0.15, -0.1) is 12.6 Å². The maximum atomic E-state index is 11.2. The first-order valence-corrected chi connectivity index (χ1v) is 6.62. The predicted octanol–water partition coefficient (Wildman–Crippen LogP) is 0.458. The number of hydrogen-bond acceptors (Lipinski definition) is 8. The smallest absolute Gasteiger partial charge is 0.303 e. The summed E-state index contributed by atoms with van der Waals surface area (Å²) in [6.45, 7) is 3.64. The molecule has 0 aliphatic carbocycles. The van der Waals surface area contributed by atoms with E-state index < -0.39 is 41.7 Å². The Morgan fingerprint density at radius 1 is 1.10 bits per heavy atom. The van der Waals surface area contributed by atoms with Crippen LogP contribution in [0.2, 0.25) is 0 Å². The number of hydrogen-bond donors (Lipinski definition) is 1. The van der Waals surface area contributed by atoms with Gasteiger partial charge in [0.05, 0.1) is 0 Å². The third-order valence-corrected chi connectivity index (χ3v) is 2.90. The molecule has 0 spiro atoms. The first-order chi connectivity index (χ1) is 9.29. The molecule has 8 heteroatoms. The molecular formula is C12H18O7S. The molecule has 7 nitrogen and oxygen atoms in total. The number of ether oxygens (including phenoxy) is 4. The van der Waals surface area contributed by atoms with E-state index in [1.165, 1.54) is 20.8 Å². The highest BCUT2D eigenvalue weighted by atomic mass is 32.1. The minimum absolute atomic E-state index is 0.109. The number of rotatable bonds is 4. The molecule has 0 amide bonds. The van der Waals surface area contributed by atoms with Crippen LogP contribution in [0, 0.1) is 0 Å². The topological polar surface area (TPSA) is 88.1 Å². The molecule has 1 saturated heterocycles. The van der Waals surface area contributed by atoms with Gasteiger partial charge in [0.1, 0.15) is 24.3 Å². The van der Waals surface area contributed by atoms with E-state index in [4.69, 9.17) is 18.9 Å². The van der Waals surface area contributed by atoms with Gasteiger partial charge in [0.2, 0.25) is 0 Å². The lowest BCUT2D eigenvalue weighted by Crippen LogP contribution is -2.52. The summed E-state index contributed by atoms with van der Waals surface area (Å²) in [5.41, 5.74) is -0.508. The molecule has 0 N–H and O–H groups in total. The number of carbonyl (C=O) groups excluding carboxylic acids is 3. The van der Waals surface area contributed by atoms with Crippen LogP contribution in [0.15, 0.2) is 0 Å². The Balaban J connectivity index is 2.82. The van der Waals surface area contributed by atoms with Gasteiger partial charge in [-0.25, -0.2) is 0 Å². The van der Waals surface area contributed by atoms with Gasteiger partial charge in [-0.3, -0.25) is 14.4 Å². The lowest BCUT2D eigenvalue weighted by Gasteiger charge is -2.38. The van der Waals surface area contributed by atoms with Crippen LogP contribution in [0.5, 0.6) is 0 Å². The van der Waals surface area contributed by atoms with E-state index in [1.807, 2.05) is 0 Å². The second kappa shape index (κ2) is 7.49. The second-order valence-electron chi connectivity index (χ2n) is 4.39. The Morgan fingerprint density at radius 2 is 1.70 bits per heavy atom. The fourth-order valence-electron chi connectivity index (χ4n) is 1.91. The standard InChI is InChI=1S/C12H18O7S/c1-6(13)16-5-10-12(18-8(3)15)9(17-7(2)14)4-11(20)19-10/h9-12,20H,4-5H2,1-3H3/t9-,10?,11+,12+/m1/s1. The number of thiol groups is 1. The van der Waals surface area contributed by atoms with Crippen LogP contribution in [-0.4, -0.2) is 48.3 Å². The summed E-state index contributed by atoms with van der Waals surface area (Å²) in [5, 5.41) is 0. The van der Waals surface area contributed by atoms with Gasteiger partial charge in [0.25, 0.3) is 0 Å². The fourth-order valence-corrected chi connectivity index (χ4v) is 2.28. The zero-order chi connectivity index (χ0) is 15.3. The maximum Gasteiger partial charge on any atom is 0.303 e. The van der Waals surface area contributed by atoms with Crippen molar-refractivity contribution in [1.82, 2.24) is 0 Å². The van der Waals surface area contributed by atoms with E-state index in [0.717, 1.165) is 0 Å². The molecule has 20 heavy (non-hydrogen) atoms. The van der Waals surface area contributed by atoms with Crippen molar-refractivity contribution >= 4 is 30.5 Å². The number of esters is 3. The first-order valence-electron chi connectivity index (χ1n) is 6.11. The molecule has 0 aromatic carbocycles. The Bertz CT molecular complexity index is 384. The summed E-state index contributed by atoms with van der Waals surface area (Å²) >= 11 is 4.18. The summed E-state index contributed by atoms with van der Waals surface area (Å²) in [6.07, 6.45) is -1.98. The first kappa shape index (κ1) is 16.8. The monoisotopic (exact) mass is 306 g/mol. The van der Waals surface area contributed by atoms with Crippen molar-refractivity contribution in [3.63, 3.8) is 0 Å². The molecule has 1 aliphatic heterocycles. The zero-order valence-electron chi connectivity index (χ0n) is 11.5. The van der Waals surface area contributed by atoms with Gasteiger partial charge in [-0.05, 0) is 0 Å².